The molecule has 118 valence electrons. The average molecular weight is 331 g/mol. The van der Waals surface area contributed by atoms with Crippen LogP contribution in [0.3, 0.4) is 0 Å². The summed E-state index contributed by atoms with van der Waals surface area (Å²) in [4.78, 5) is 33.0. The number of ether oxygens (including phenoxy) is 1. The van der Waals surface area contributed by atoms with Crippen molar-refractivity contribution < 1.29 is 19.2 Å². The largest absolute Gasteiger partial charge is 0.465 e. The fourth-order valence-corrected chi connectivity index (χ4v) is 2.77. The van der Waals surface area contributed by atoms with Crippen LogP contribution in [0.15, 0.2) is 41.7 Å². The lowest BCUT2D eigenvalue weighted by Crippen LogP contribution is -2.27. The number of benzene rings is 1. The number of aromatic nitrogens is 1. The molecule has 23 heavy (non-hydrogen) atoms. The molecular weight excluding hydrogens is 318 g/mol. The summed E-state index contributed by atoms with van der Waals surface area (Å²) >= 11 is 1.04. The molecular formula is C15H13N3O4S. The summed E-state index contributed by atoms with van der Waals surface area (Å²) in [5, 5.41) is 6.89. The predicted molar refractivity (Wildman–Crippen MR) is 84.6 cm³/mol. The van der Waals surface area contributed by atoms with Gasteiger partial charge in [-0.1, -0.05) is 46.8 Å². The first-order valence-corrected chi connectivity index (χ1v) is 7.62. The first kappa shape index (κ1) is 15.2. The zero-order chi connectivity index (χ0) is 16.2. The summed E-state index contributed by atoms with van der Waals surface area (Å²) in [5.74, 6) is -0.847. The highest BCUT2D eigenvalue weighted by Gasteiger charge is 2.29. The lowest BCUT2D eigenvalue weighted by Gasteiger charge is -2.06. The highest BCUT2D eigenvalue weighted by molar-refractivity contribution is 7.17. The quantitative estimate of drug-likeness (QED) is 0.866. The number of oxime groups is 1. The van der Waals surface area contributed by atoms with Gasteiger partial charge in [-0.15, -0.1) is 0 Å². The van der Waals surface area contributed by atoms with Gasteiger partial charge in [-0.25, -0.2) is 9.78 Å². The first-order chi connectivity index (χ1) is 11.2. The molecule has 0 saturated heterocycles. The Hall–Kier alpha value is -2.74. The van der Waals surface area contributed by atoms with E-state index >= 15 is 0 Å². The molecule has 8 heteroatoms. The van der Waals surface area contributed by atoms with Gasteiger partial charge < -0.3 is 9.57 Å². The molecule has 7 nitrogen and oxygen atoms in total. The Bertz CT molecular complexity index is 757. The molecule has 0 spiro atoms. The molecule has 0 aliphatic carbocycles. The summed E-state index contributed by atoms with van der Waals surface area (Å²) in [7, 11) is 1.29. The number of methoxy groups -OCH3 is 1. The fourth-order valence-electron chi connectivity index (χ4n) is 2.03. The molecule has 0 fully saturated rings. The van der Waals surface area contributed by atoms with Gasteiger partial charge in [-0.05, 0) is 5.56 Å². The molecule has 1 amide bonds. The van der Waals surface area contributed by atoms with E-state index in [2.05, 4.69) is 20.2 Å². The number of carbonyl (C=O) groups is 2. The molecule has 3 rings (SSSR count). The summed E-state index contributed by atoms with van der Waals surface area (Å²) in [5.41, 5.74) is 1.64. The van der Waals surface area contributed by atoms with Crippen molar-refractivity contribution in [3.63, 3.8) is 0 Å². The number of nitrogens with one attached hydrogen (secondary N) is 1. The topological polar surface area (TPSA) is 89.9 Å². The van der Waals surface area contributed by atoms with Crippen LogP contribution in [0, 0.1) is 0 Å². The second kappa shape index (κ2) is 6.57. The van der Waals surface area contributed by atoms with Crippen molar-refractivity contribution in [2.45, 2.75) is 12.5 Å². The number of hydrogen-bond donors (Lipinski definition) is 1. The number of nitrogens with zero attached hydrogens (tertiary/aromatic N) is 2. The van der Waals surface area contributed by atoms with Gasteiger partial charge in [0.1, 0.15) is 4.88 Å². The van der Waals surface area contributed by atoms with Gasteiger partial charge in [0.05, 0.1) is 19.0 Å². The first-order valence-electron chi connectivity index (χ1n) is 6.80. The van der Waals surface area contributed by atoms with Crippen molar-refractivity contribution >= 4 is 34.1 Å². The number of hydrogen-bond acceptors (Lipinski definition) is 7. The summed E-state index contributed by atoms with van der Waals surface area (Å²) in [6.45, 7) is 0. The number of rotatable bonds is 4. The molecule has 0 saturated carbocycles. The zero-order valence-corrected chi connectivity index (χ0v) is 13.0. The Morgan fingerprint density at radius 1 is 1.35 bits per heavy atom. The van der Waals surface area contributed by atoms with Gasteiger partial charge in [0, 0.05) is 6.42 Å². The molecule has 1 atom stereocenters. The van der Waals surface area contributed by atoms with Crippen molar-refractivity contribution in [2.75, 3.05) is 12.4 Å². The highest BCUT2D eigenvalue weighted by Crippen LogP contribution is 2.21. The standard InChI is InChI=1S/C15H13N3O4S/c1-21-14(20)12-8-16-15(23-12)17-13(19)11-7-10(18-22-11)9-5-3-2-4-6-9/h2-6,8,11H,7H2,1H3,(H,16,17,19)/t11-/m1/s1. The monoisotopic (exact) mass is 331 g/mol. The van der Waals surface area contributed by atoms with E-state index in [0.717, 1.165) is 22.6 Å². The summed E-state index contributed by atoms with van der Waals surface area (Å²) in [6.07, 6.45) is 1.02. The molecule has 0 unspecified atom stereocenters. The molecule has 1 aliphatic heterocycles. The van der Waals surface area contributed by atoms with Crippen LogP contribution in [-0.2, 0) is 14.4 Å². The van der Waals surface area contributed by atoms with Crippen LogP contribution in [0.5, 0.6) is 0 Å². The van der Waals surface area contributed by atoms with E-state index < -0.39 is 12.1 Å². The lowest BCUT2D eigenvalue weighted by molar-refractivity contribution is -0.125. The third-order valence-electron chi connectivity index (χ3n) is 3.19. The van der Waals surface area contributed by atoms with Crippen molar-refractivity contribution in [3.8, 4) is 0 Å². The minimum Gasteiger partial charge on any atom is -0.465 e. The van der Waals surface area contributed by atoms with E-state index in [-0.39, 0.29) is 5.91 Å². The third kappa shape index (κ3) is 3.37. The molecule has 2 aromatic rings. The maximum Gasteiger partial charge on any atom is 0.349 e. The van der Waals surface area contributed by atoms with Gasteiger partial charge in [0.15, 0.2) is 5.13 Å². The second-order valence-corrected chi connectivity index (χ2v) is 5.74. The molecule has 1 aromatic heterocycles. The third-order valence-corrected chi connectivity index (χ3v) is 4.08. The Morgan fingerprint density at radius 2 is 2.13 bits per heavy atom. The highest BCUT2D eigenvalue weighted by atomic mass is 32.1. The molecule has 1 N–H and O–H groups in total. The van der Waals surface area contributed by atoms with Crippen LogP contribution in [0.4, 0.5) is 5.13 Å². The Balaban J connectivity index is 1.60. The van der Waals surface area contributed by atoms with Crippen molar-refractivity contribution in [1.82, 2.24) is 4.98 Å². The van der Waals surface area contributed by atoms with Crippen LogP contribution in [-0.4, -0.2) is 35.8 Å². The van der Waals surface area contributed by atoms with Crippen LogP contribution >= 0.6 is 11.3 Å². The van der Waals surface area contributed by atoms with E-state index in [1.165, 1.54) is 13.3 Å². The fraction of sp³-hybridized carbons (Fsp3) is 0.200. The number of esters is 1. The SMILES string of the molecule is COC(=O)c1cnc(NC(=O)[C@H]2CC(c3ccccc3)=NO2)s1. The molecule has 1 aromatic carbocycles. The number of carbonyl (C=O) groups excluding carboxylic acids is 2. The molecule has 0 bridgehead atoms. The van der Waals surface area contributed by atoms with Gasteiger partial charge in [0.2, 0.25) is 6.10 Å². The zero-order valence-electron chi connectivity index (χ0n) is 12.2. The van der Waals surface area contributed by atoms with Crippen LogP contribution in [0.1, 0.15) is 21.7 Å². The maximum absolute atomic E-state index is 12.2. The van der Waals surface area contributed by atoms with Gasteiger partial charge in [-0.2, -0.15) is 0 Å². The smallest absolute Gasteiger partial charge is 0.349 e. The number of amides is 1. The van der Waals surface area contributed by atoms with Gasteiger partial charge in [0.25, 0.3) is 5.91 Å². The molecule has 1 aliphatic rings. The number of anilines is 1. The minimum atomic E-state index is -0.712. The number of thiazole rings is 1. The maximum atomic E-state index is 12.2. The minimum absolute atomic E-state index is 0.312. The van der Waals surface area contributed by atoms with Crippen LogP contribution in [0.25, 0.3) is 0 Å². The Kier molecular flexibility index (Phi) is 4.33. The lowest BCUT2D eigenvalue weighted by atomic mass is 10.1. The average Bonchev–Trinajstić information content (AvgIpc) is 3.24. The Labute approximate surface area is 135 Å². The summed E-state index contributed by atoms with van der Waals surface area (Å²) in [6, 6.07) is 9.52. The van der Waals surface area contributed by atoms with E-state index in [0.29, 0.717) is 16.4 Å². The van der Waals surface area contributed by atoms with E-state index in [9.17, 15) is 9.59 Å². The van der Waals surface area contributed by atoms with E-state index in [1.807, 2.05) is 30.3 Å². The predicted octanol–water partition coefficient (Wildman–Crippen LogP) is 2.06. The Morgan fingerprint density at radius 3 is 2.87 bits per heavy atom. The van der Waals surface area contributed by atoms with Gasteiger partial charge in [-0.3, -0.25) is 10.1 Å². The van der Waals surface area contributed by atoms with Crippen molar-refractivity contribution in [1.29, 1.82) is 0 Å². The van der Waals surface area contributed by atoms with Gasteiger partial charge >= 0.3 is 5.97 Å². The second-order valence-electron chi connectivity index (χ2n) is 4.71. The molecule has 0 radical (unpaired) electrons. The van der Waals surface area contributed by atoms with Crippen molar-refractivity contribution in [3.05, 3.63) is 47.0 Å². The van der Waals surface area contributed by atoms with E-state index in [4.69, 9.17) is 4.84 Å². The van der Waals surface area contributed by atoms with Crippen molar-refractivity contribution in [2.24, 2.45) is 5.16 Å². The van der Waals surface area contributed by atoms with E-state index in [1.54, 1.807) is 0 Å². The normalized spacial score (nSPS) is 16.4. The molecule has 2 heterocycles. The summed E-state index contributed by atoms with van der Waals surface area (Å²) < 4.78 is 4.59. The van der Waals surface area contributed by atoms with Crippen LogP contribution < -0.4 is 5.32 Å². The van der Waals surface area contributed by atoms with Crippen LogP contribution in [0.2, 0.25) is 0 Å².